The summed E-state index contributed by atoms with van der Waals surface area (Å²) in [4.78, 5) is 29.8. The number of hydrogen-bond acceptors (Lipinski definition) is 4. The van der Waals surface area contributed by atoms with Crippen molar-refractivity contribution in [2.75, 3.05) is 26.2 Å². The second-order valence-electron chi connectivity index (χ2n) is 7.24. The lowest BCUT2D eigenvalue weighted by Gasteiger charge is -2.28. The van der Waals surface area contributed by atoms with Gasteiger partial charge in [-0.3, -0.25) is 9.59 Å². The van der Waals surface area contributed by atoms with Crippen LogP contribution >= 0.6 is 11.3 Å². The largest absolute Gasteiger partial charge is 0.352 e. The topological polar surface area (TPSA) is 75.5 Å². The summed E-state index contributed by atoms with van der Waals surface area (Å²) in [5, 5.41) is 6.68. The van der Waals surface area contributed by atoms with Gasteiger partial charge in [-0.05, 0) is 38.8 Å². The molecule has 6 nitrogen and oxygen atoms in total. The van der Waals surface area contributed by atoms with Gasteiger partial charge in [0, 0.05) is 6.04 Å². The van der Waals surface area contributed by atoms with Gasteiger partial charge >= 0.3 is 0 Å². The minimum Gasteiger partial charge on any atom is -0.352 e. The van der Waals surface area contributed by atoms with Crippen LogP contribution in [0.2, 0.25) is 0 Å². The molecule has 1 aliphatic rings. The molecule has 0 spiro atoms. The molecule has 1 aliphatic heterocycles. The van der Waals surface area contributed by atoms with Crippen LogP contribution in [-0.4, -0.2) is 49.0 Å². The van der Waals surface area contributed by atoms with E-state index in [1.54, 1.807) is 11.3 Å². The lowest BCUT2D eigenvalue weighted by atomic mass is 9.99. The zero-order valence-electron chi connectivity index (χ0n) is 15.4. The number of carbonyl (C=O) groups excluding carboxylic acids is 2. The summed E-state index contributed by atoms with van der Waals surface area (Å²) in [6.45, 7) is 6.18. The third kappa shape index (κ3) is 5.02. The summed E-state index contributed by atoms with van der Waals surface area (Å²) in [5.41, 5.74) is 1.06. The Hall–Kier alpha value is -1.99. The van der Waals surface area contributed by atoms with Gasteiger partial charge in [0.05, 0.1) is 35.8 Å². The monoisotopic (exact) mass is 375 g/mol. The first-order valence-electron chi connectivity index (χ1n) is 9.26. The molecule has 1 aromatic carbocycles. The van der Waals surface area contributed by atoms with Gasteiger partial charge in [-0.2, -0.15) is 0 Å². The van der Waals surface area contributed by atoms with Crippen LogP contribution in [0, 0.1) is 0 Å². The van der Waals surface area contributed by atoms with Gasteiger partial charge in [0.2, 0.25) is 5.91 Å². The van der Waals surface area contributed by atoms with Crippen molar-refractivity contribution in [3.05, 3.63) is 29.3 Å². The minimum atomic E-state index is -0.144. The maximum Gasteiger partial charge on any atom is 0.275 e. The minimum absolute atomic E-state index is 0.0472. The molecular weight excluding hydrogens is 348 g/mol. The molecule has 0 radical (unpaired) electrons. The van der Waals surface area contributed by atoms with E-state index < -0.39 is 0 Å². The molecule has 1 fully saturated rings. The van der Waals surface area contributed by atoms with Gasteiger partial charge in [0.25, 0.3) is 5.91 Å². The van der Waals surface area contributed by atoms with Gasteiger partial charge in [-0.15, -0.1) is 11.3 Å². The number of piperidine rings is 1. The number of benzene rings is 1. The molecule has 7 heteroatoms. The van der Waals surface area contributed by atoms with Crippen LogP contribution in [0.25, 0.3) is 10.2 Å². The summed E-state index contributed by atoms with van der Waals surface area (Å²) in [6, 6.07) is 8.31. The molecule has 2 amide bonds. The fourth-order valence-corrected chi connectivity index (χ4v) is 4.53. The maximum atomic E-state index is 12.2. The van der Waals surface area contributed by atoms with Crippen molar-refractivity contribution in [1.29, 1.82) is 0 Å². The molecule has 2 heterocycles. The highest BCUT2D eigenvalue weighted by molar-refractivity contribution is 7.18. The Morgan fingerprint density at radius 2 is 2.12 bits per heavy atom. The Morgan fingerprint density at radius 1 is 1.31 bits per heavy atom. The molecule has 0 bridgehead atoms. The van der Waals surface area contributed by atoms with Crippen LogP contribution in [0.1, 0.15) is 37.6 Å². The fraction of sp³-hybridized carbons (Fsp3) is 0.526. The molecule has 0 aliphatic carbocycles. The second-order valence-corrected chi connectivity index (χ2v) is 8.30. The van der Waals surface area contributed by atoms with Crippen molar-refractivity contribution in [3.8, 4) is 0 Å². The van der Waals surface area contributed by atoms with Crippen molar-refractivity contribution in [2.45, 2.75) is 38.6 Å². The average molecular weight is 376 g/mol. The number of quaternary nitrogens is 1. The van der Waals surface area contributed by atoms with Gasteiger partial charge in [-0.25, -0.2) is 4.98 Å². The lowest BCUT2D eigenvalue weighted by Crippen LogP contribution is -3.14. The number of para-hydroxylation sites is 1. The fourth-order valence-electron chi connectivity index (χ4n) is 3.43. The van der Waals surface area contributed by atoms with Crippen molar-refractivity contribution in [2.24, 2.45) is 0 Å². The van der Waals surface area contributed by atoms with Gasteiger partial charge in [0.15, 0.2) is 6.54 Å². The first-order chi connectivity index (χ1) is 12.5. The molecule has 3 rings (SSSR count). The van der Waals surface area contributed by atoms with Gasteiger partial charge < -0.3 is 15.5 Å². The molecule has 1 saturated heterocycles. The zero-order chi connectivity index (χ0) is 18.5. The Balaban J connectivity index is 1.51. The Kier molecular flexibility index (Phi) is 6.21. The van der Waals surface area contributed by atoms with E-state index in [1.165, 1.54) is 14.6 Å². The van der Waals surface area contributed by atoms with E-state index in [1.807, 2.05) is 26.0 Å². The SMILES string of the molecule is CC(C)NC(=O)CNC(=O)C[NH+]1CCC[C@@H](c2nc3ccccc3s2)C1. The number of likely N-dealkylation sites (tertiary alicyclic amines) is 1. The summed E-state index contributed by atoms with van der Waals surface area (Å²) >= 11 is 1.77. The molecule has 0 saturated carbocycles. The maximum absolute atomic E-state index is 12.2. The number of nitrogens with one attached hydrogen (secondary N) is 3. The highest BCUT2D eigenvalue weighted by Gasteiger charge is 2.28. The molecule has 1 aromatic heterocycles. The standard InChI is InChI=1S/C19H26N4O2S/c1-13(2)21-17(24)10-20-18(25)12-23-9-5-6-14(11-23)19-22-15-7-3-4-8-16(15)26-19/h3-4,7-8,13-14H,5-6,9-12H2,1-2H3,(H,20,25)(H,21,24)/p+1/t14-/m1/s1. The summed E-state index contributed by atoms with van der Waals surface area (Å²) in [5.74, 6) is 0.200. The van der Waals surface area contributed by atoms with E-state index >= 15 is 0 Å². The summed E-state index contributed by atoms with van der Waals surface area (Å²) in [6.07, 6.45) is 2.22. The first-order valence-corrected chi connectivity index (χ1v) is 10.1. The number of carbonyl (C=O) groups is 2. The third-order valence-electron chi connectivity index (χ3n) is 4.58. The van der Waals surface area contributed by atoms with Crippen molar-refractivity contribution in [1.82, 2.24) is 15.6 Å². The third-order valence-corrected chi connectivity index (χ3v) is 5.78. The number of fused-ring (bicyclic) bond motifs is 1. The molecule has 1 unspecified atom stereocenters. The molecule has 26 heavy (non-hydrogen) atoms. The zero-order valence-corrected chi connectivity index (χ0v) is 16.2. The summed E-state index contributed by atoms with van der Waals surface area (Å²) in [7, 11) is 0. The normalized spacial score (nSPS) is 20.3. The number of aromatic nitrogens is 1. The molecule has 140 valence electrons. The van der Waals surface area contributed by atoms with E-state index in [2.05, 4.69) is 22.8 Å². The van der Waals surface area contributed by atoms with E-state index in [0.29, 0.717) is 12.5 Å². The number of amides is 2. The highest BCUT2D eigenvalue weighted by atomic mass is 32.1. The molecule has 2 atom stereocenters. The predicted molar refractivity (Wildman–Crippen MR) is 103 cm³/mol. The lowest BCUT2D eigenvalue weighted by molar-refractivity contribution is -0.898. The number of thiazole rings is 1. The quantitative estimate of drug-likeness (QED) is 0.696. The predicted octanol–water partition coefficient (Wildman–Crippen LogP) is 0.699. The van der Waals surface area contributed by atoms with Crippen LogP contribution < -0.4 is 15.5 Å². The average Bonchev–Trinajstić information content (AvgIpc) is 3.04. The van der Waals surface area contributed by atoms with Crippen molar-refractivity contribution < 1.29 is 14.5 Å². The second kappa shape index (κ2) is 8.60. The molecule has 3 N–H and O–H groups in total. The smallest absolute Gasteiger partial charge is 0.275 e. The van der Waals surface area contributed by atoms with Gasteiger partial charge in [-0.1, -0.05) is 12.1 Å². The van der Waals surface area contributed by atoms with E-state index in [9.17, 15) is 9.59 Å². The van der Waals surface area contributed by atoms with E-state index in [4.69, 9.17) is 4.98 Å². The highest BCUT2D eigenvalue weighted by Crippen LogP contribution is 2.30. The number of nitrogens with zero attached hydrogens (tertiary/aromatic N) is 1. The Bertz CT molecular complexity index is 741. The first kappa shape index (κ1) is 18.8. The van der Waals surface area contributed by atoms with E-state index in [-0.39, 0.29) is 24.4 Å². The number of rotatable bonds is 6. The molecule has 2 aromatic rings. The van der Waals surface area contributed by atoms with Crippen molar-refractivity contribution >= 4 is 33.4 Å². The summed E-state index contributed by atoms with van der Waals surface area (Å²) < 4.78 is 1.23. The van der Waals surface area contributed by atoms with Crippen LogP contribution in [0.5, 0.6) is 0 Å². The van der Waals surface area contributed by atoms with Crippen LogP contribution in [0.4, 0.5) is 0 Å². The van der Waals surface area contributed by atoms with Crippen LogP contribution in [0.3, 0.4) is 0 Å². The van der Waals surface area contributed by atoms with Crippen LogP contribution in [0.15, 0.2) is 24.3 Å². The van der Waals surface area contributed by atoms with Gasteiger partial charge in [0.1, 0.15) is 5.01 Å². The molecular formula is C19H27N4O2S+. The van der Waals surface area contributed by atoms with Crippen molar-refractivity contribution in [3.63, 3.8) is 0 Å². The number of hydrogen-bond donors (Lipinski definition) is 3. The Labute approximate surface area is 158 Å². The van der Waals surface area contributed by atoms with Crippen LogP contribution in [-0.2, 0) is 9.59 Å². The van der Waals surface area contributed by atoms with E-state index in [0.717, 1.165) is 31.4 Å². The Morgan fingerprint density at radius 3 is 2.88 bits per heavy atom.